The molecule has 2 aromatic rings. The van der Waals surface area contributed by atoms with Gasteiger partial charge in [-0.2, -0.15) is 0 Å². The Labute approximate surface area is 144 Å². The predicted octanol–water partition coefficient (Wildman–Crippen LogP) is 3.56. The second-order valence-electron chi connectivity index (χ2n) is 4.89. The Morgan fingerprint density at radius 2 is 1.87 bits per heavy atom. The lowest BCUT2D eigenvalue weighted by Crippen LogP contribution is -2.26. The molecule has 0 saturated heterocycles. The highest BCUT2D eigenvalue weighted by Crippen LogP contribution is 2.23. The zero-order chi connectivity index (χ0) is 16.8. The Hall–Kier alpha value is -2.01. The molecule has 0 aliphatic carbocycles. The molecule has 0 aromatic heterocycles. The monoisotopic (exact) mass is 351 g/mol. The highest BCUT2D eigenvalue weighted by Gasteiger charge is 2.10. The largest absolute Gasteiger partial charge is 0.508 e. The number of carbonyl (C=O) groups excluding carboxylic acids is 1. The minimum atomic E-state index is -0.913. The Bertz CT molecular complexity index is 711. The third kappa shape index (κ3) is 5.60. The number of nitrogens with one attached hydrogen (secondary N) is 1. The van der Waals surface area contributed by atoms with E-state index in [1.54, 1.807) is 42.5 Å². The molecule has 1 amide bonds. The van der Waals surface area contributed by atoms with Crippen LogP contribution in [0.15, 0.2) is 48.5 Å². The van der Waals surface area contributed by atoms with Crippen LogP contribution >= 0.6 is 23.2 Å². The Morgan fingerprint density at radius 3 is 2.52 bits per heavy atom. The Kier molecular flexibility index (Phi) is 6.04. The number of rotatable bonds is 5. The lowest BCUT2D eigenvalue weighted by molar-refractivity contribution is -0.116. The minimum absolute atomic E-state index is 0.0277. The maximum Gasteiger partial charge on any atom is 0.244 e. The number of phenols is 1. The predicted molar refractivity (Wildman–Crippen MR) is 91.6 cm³/mol. The fourth-order valence-corrected chi connectivity index (χ4v) is 2.48. The van der Waals surface area contributed by atoms with Gasteiger partial charge in [0.05, 0.1) is 6.10 Å². The van der Waals surface area contributed by atoms with Crippen LogP contribution in [0.4, 0.5) is 0 Å². The number of amides is 1. The summed E-state index contributed by atoms with van der Waals surface area (Å²) in [5, 5.41) is 22.8. The number of hydrogen-bond acceptors (Lipinski definition) is 3. The van der Waals surface area contributed by atoms with Crippen molar-refractivity contribution in [2.45, 2.75) is 6.10 Å². The third-order valence-corrected chi connectivity index (χ3v) is 3.47. The fourth-order valence-electron chi connectivity index (χ4n) is 1.94. The standard InChI is InChI=1S/C17H15Cl2NO3/c18-13-7-12(8-14(19)9-13)16(22)10-20-17(23)5-4-11-2-1-3-15(21)6-11/h1-9,16,21-22H,10H2,(H,20,23)/b5-4+. The number of aliphatic hydroxyl groups is 1. The van der Waals surface area contributed by atoms with Crippen LogP contribution in [0.5, 0.6) is 5.75 Å². The molecule has 0 aliphatic heterocycles. The average Bonchev–Trinajstić information content (AvgIpc) is 2.49. The fraction of sp³-hybridized carbons (Fsp3) is 0.118. The summed E-state index contributed by atoms with van der Waals surface area (Å²) in [4.78, 5) is 11.7. The zero-order valence-corrected chi connectivity index (χ0v) is 13.6. The highest BCUT2D eigenvalue weighted by atomic mass is 35.5. The van der Waals surface area contributed by atoms with Gasteiger partial charge < -0.3 is 15.5 Å². The Balaban J connectivity index is 1.91. The topological polar surface area (TPSA) is 69.6 Å². The van der Waals surface area contributed by atoms with Crippen molar-refractivity contribution in [1.82, 2.24) is 5.32 Å². The van der Waals surface area contributed by atoms with E-state index in [1.807, 2.05) is 0 Å². The lowest BCUT2D eigenvalue weighted by Gasteiger charge is -2.12. The summed E-state index contributed by atoms with van der Waals surface area (Å²) in [6.07, 6.45) is 1.98. The molecule has 3 N–H and O–H groups in total. The van der Waals surface area contributed by atoms with Crippen molar-refractivity contribution in [3.8, 4) is 5.75 Å². The minimum Gasteiger partial charge on any atom is -0.508 e. The quantitative estimate of drug-likeness (QED) is 0.721. The summed E-state index contributed by atoms with van der Waals surface area (Å²) in [5.41, 5.74) is 1.22. The smallest absolute Gasteiger partial charge is 0.244 e. The van der Waals surface area contributed by atoms with Crippen LogP contribution in [0, 0.1) is 0 Å². The van der Waals surface area contributed by atoms with Crippen LogP contribution < -0.4 is 5.32 Å². The number of aliphatic hydroxyl groups excluding tert-OH is 1. The average molecular weight is 352 g/mol. The second kappa shape index (κ2) is 8.02. The van der Waals surface area contributed by atoms with E-state index >= 15 is 0 Å². The van der Waals surface area contributed by atoms with Gasteiger partial charge in [0.25, 0.3) is 0 Å². The molecule has 23 heavy (non-hydrogen) atoms. The lowest BCUT2D eigenvalue weighted by atomic mass is 10.1. The van der Waals surface area contributed by atoms with Gasteiger partial charge in [0.1, 0.15) is 5.75 Å². The van der Waals surface area contributed by atoms with Crippen molar-refractivity contribution in [3.05, 3.63) is 69.7 Å². The van der Waals surface area contributed by atoms with Gasteiger partial charge in [-0.15, -0.1) is 0 Å². The van der Waals surface area contributed by atoms with Crippen LogP contribution in [-0.4, -0.2) is 22.7 Å². The summed E-state index contributed by atoms with van der Waals surface area (Å²) in [5.74, 6) is -0.235. The van der Waals surface area contributed by atoms with Crippen molar-refractivity contribution in [2.24, 2.45) is 0 Å². The molecule has 0 heterocycles. The van der Waals surface area contributed by atoms with Crippen molar-refractivity contribution < 1.29 is 15.0 Å². The molecule has 1 unspecified atom stereocenters. The van der Waals surface area contributed by atoms with Gasteiger partial charge in [0.15, 0.2) is 0 Å². The van der Waals surface area contributed by atoms with Crippen LogP contribution in [0.2, 0.25) is 10.0 Å². The molecule has 0 fully saturated rings. The molecule has 0 radical (unpaired) electrons. The number of aromatic hydroxyl groups is 1. The highest BCUT2D eigenvalue weighted by molar-refractivity contribution is 6.34. The van der Waals surface area contributed by atoms with E-state index in [4.69, 9.17) is 23.2 Å². The molecule has 2 rings (SSSR count). The summed E-state index contributed by atoms with van der Waals surface area (Å²) in [6, 6.07) is 11.3. The van der Waals surface area contributed by atoms with Gasteiger partial charge in [-0.1, -0.05) is 35.3 Å². The first-order valence-corrected chi connectivity index (χ1v) is 7.58. The van der Waals surface area contributed by atoms with Crippen LogP contribution in [-0.2, 0) is 4.79 Å². The van der Waals surface area contributed by atoms with Gasteiger partial charge in [0.2, 0.25) is 5.91 Å². The second-order valence-corrected chi connectivity index (χ2v) is 5.76. The van der Waals surface area contributed by atoms with Gasteiger partial charge >= 0.3 is 0 Å². The molecule has 0 aliphatic rings. The summed E-state index contributed by atoms with van der Waals surface area (Å²) >= 11 is 11.7. The molecular formula is C17H15Cl2NO3. The van der Waals surface area contributed by atoms with Crippen LogP contribution in [0.1, 0.15) is 17.2 Å². The van der Waals surface area contributed by atoms with Gasteiger partial charge in [0, 0.05) is 22.7 Å². The first-order valence-electron chi connectivity index (χ1n) is 6.83. The maximum absolute atomic E-state index is 11.7. The molecule has 0 bridgehead atoms. The van der Waals surface area contributed by atoms with Crippen molar-refractivity contribution in [2.75, 3.05) is 6.54 Å². The number of halogens is 2. The van der Waals surface area contributed by atoms with E-state index in [2.05, 4.69) is 5.32 Å². The first kappa shape index (κ1) is 17.3. The summed E-state index contributed by atoms with van der Waals surface area (Å²) < 4.78 is 0. The number of benzene rings is 2. The summed E-state index contributed by atoms with van der Waals surface area (Å²) in [7, 11) is 0. The normalized spacial score (nSPS) is 12.3. The molecular weight excluding hydrogens is 337 g/mol. The molecule has 0 spiro atoms. The summed E-state index contributed by atoms with van der Waals surface area (Å²) in [6.45, 7) is 0.0277. The third-order valence-electron chi connectivity index (χ3n) is 3.04. The van der Waals surface area contributed by atoms with Gasteiger partial charge in [-0.25, -0.2) is 0 Å². The SMILES string of the molecule is O=C(/C=C/c1cccc(O)c1)NCC(O)c1cc(Cl)cc(Cl)c1. The number of phenolic OH excluding ortho intramolecular Hbond substituents is 1. The molecule has 120 valence electrons. The molecule has 6 heteroatoms. The Morgan fingerprint density at radius 1 is 1.17 bits per heavy atom. The van der Waals surface area contributed by atoms with E-state index in [0.717, 1.165) is 0 Å². The molecule has 2 aromatic carbocycles. The molecule has 4 nitrogen and oxygen atoms in total. The zero-order valence-electron chi connectivity index (χ0n) is 12.0. The molecule has 1 atom stereocenters. The van der Waals surface area contributed by atoms with E-state index in [0.29, 0.717) is 21.2 Å². The van der Waals surface area contributed by atoms with Crippen molar-refractivity contribution >= 4 is 35.2 Å². The van der Waals surface area contributed by atoms with Gasteiger partial charge in [-0.3, -0.25) is 4.79 Å². The molecule has 0 saturated carbocycles. The van der Waals surface area contributed by atoms with Crippen LogP contribution in [0.3, 0.4) is 0 Å². The van der Waals surface area contributed by atoms with E-state index in [9.17, 15) is 15.0 Å². The van der Waals surface area contributed by atoms with Crippen molar-refractivity contribution in [3.63, 3.8) is 0 Å². The van der Waals surface area contributed by atoms with E-state index in [1.165, 1.54) is 12.1 Å². The first-order chi connectivity index (χ1) is 10.9. The van der Waals surface area contributed by atoms with Crippen molar-refractivity contribution in [1.29, 1.82) is 0 Å². The van der Waals surface area contributed by atoms with Crippen LogP contribution in [0.25, 0.3) is 6.08 Å². The van der Waals surface area contributed by atoms with E-state index in [-0.39, 0.29) is 18.2 Å². The number of carbonyl (C=O) groups is 1. The van der Waals surface area contributed by atoms with E-state index < -0.39 is 6.10 Å². The number of hydrogen-bond donors (Lipinski definition) is 3. The maximum atomic E-state index is 11.7. The van der Waals surface area contributed by atoms with Gasteiger partial charge in [-0.05, 0) is 47.5 Å².